The Bertz CT molecular complexity index is 848. The van der Waals surface area contributed by atoms with Crippen LogP contribution < -0.4 is 5.56 Å². The van der Waals surface area contributed by atoms with Crippen molar-refractivity contribution in [2.24, 2.45) is 0 Å². The number of methoxy groups -OCH3 is 1. The van der Waals surface area contributed by atoms with Gasteiger partial charge in [-0.3, -0.25) is 14.2 Å². The van der Waals surface area contributed by atoms with Gasteiger partial charge in [0.25, 0.3) is 5.56 Å². The molecule has 3 rings (SSSR count). The van der Waals surface area contributed by atoms with Crippen LogP contribution in [0.25, 0.3) is 10.9 Å². The van der Waals surface area contributed by atoms with E-state index in [-0.39, 0.29) is 17.6 Å². The zero-order valence-electron chi connectivity index (χ0n) is 14.0. The van der Waals surface area contributed by atoms with E-state index in [9.17, 15) is 9.59 Å². The van der Waals surface area contributed by atoms with Crippen molar-refractivity contribution in [1.82, 2.24) is 9.55 Å². The minimum absolute atomic E-state index is 0.0166. The molecular formula is C17H19ClN2O4S. The minimum atomic E-state index is -0.482. The normalized spacial score (nSPS) is 18.4. The number of nitrogens with zero attached hydrogens (tertiary/aromatic N) is 2. The van der Waals surface area contributed by atoms with Crippen molar-refractivity contribution in [2.75, 3.05) is 13.7 Å². The molecule has 1 saturated heterocycles. The number of ether oxygens (including phenoxy) is 2. The Morgan fingerprint density at radius 2 is 2.36 bits per heavy atom. The third-order valence-corrected chi connectivity index (χ3v) is 5.41. The molecule has 0 bridgehead atoms. The maximum Gasteiger partial charge on any atom is 0.318 e. The summed E-state index contributed by atoms with van der Waals surface area (Å²) in [5, 5.41) is 0.989. The molecular weight excluding hydrogens is 364 g/mol. The molecule has 0 aliphatic carbocycles. The fraction of sp³-hybridized carbons (Fsp3) is 0.471. The van der Waals surface area contributed by atoms with Crippen LogP contribution in [0.2, 0.25) is 5.02 Å². The van der Waals surface area contributed by atoms with Gasteiger partial charge in [0, 0.05) is 11.6 Å². The van der Waals surface area contributed by atoms with Gasteiger partial charge in [0.05, 0.1) is 30.7 Å². The first kappa shape index (κ1) is 18.2. The van der Waals surface area contributed by atoms with Crippen LogP contribution in [-0.2, 0) is 20.8 Å². The molecule has 8 heteroatoms. The first-order valence-corrected chi connectivity index (χ1v) is 9.31. The molecule has 6 nitrogen and oxygen atoms in total. The summed E-state index contributed by atoms with van der Waals surface area (Å²) in [4.78, 5) is 29.3. The lowest BCUT2D eigenvalue weighted by Gasteiger charge is -2.18. The molecule has 2 aromatic rings. The molecule has 0 N–H and O–H groups in total. The molecule has 134 valence electrons. The van der Waals surface area contributed by atoms with E-state index in [1.54, 1.807) is 29.7 Å². The SMILES string of the molecule is COC(=O)[C@@H](C)Sc1nc2cc(Cl)ccc2c(=O)n1C[C@H]1CCCO1. The summed E-state index contributed by atoms with van der Waals surface area (Å²) < 4.78 is 12.0. The smallest absolute Gasteiger partial charge is 0.318 e. The summed E-state index contributed by atoms with van der Waals surface area (Å²) >= 11 is 7.23. The van der Waals surface area contributed by atoms with Gasteiger partial charge in [0.1, 0.15) is 5.25 Å². The number of hydrogen-bond donors (Lipinski definition) is 0. The highest BCUT2D eigenvalue weighted by Crippen LogP contribution is 2.25. The van der Waals surface area contributed by atoms with Gasteiger partial charge < -0.3 is 9.47 Å². The summed E-state index contributed by atoms with van der Waals surface area (Å²) in [6.07, 6.45) is 1.87. The van der Waals surface area contributed by atoms with Gasteiger partial charge in [-0.1, -0.05) is 23.4 Å². The van der Waals surface area contributed by atoms with E-state index in [1.807, 2.05) is 0 Å². The van der Waals surface area contributed by atoms with Gasteiger partial charge in [0.15, 0.2) is 5.16 Å². The number of rotatable bonds is 5. The number of hydrogen-bond acceptors (Lipinski definition) is 6. The molecule has 0 saturated carbocycles. The van der Waals surface area contributed by atoms with E-state index >= 15 is 0 Å². The van der Waals surface area contributed by atoms with Crippen LogP contribution in [0.3, 0.4) is 0 Å². The Morgan fingerprint density at radius 1 is 1.56 bits per heavy atom. The second kappa shape index (κ2) is 7.76. The van der Waals surface area contributed by atoms with Crippen LogP contribution in [0.15, 0.2) is 28.2 Å². The van der Waals surface area contributed by atoms with Crippen LogP contribution in [0.4, 0.5) is 0 Å². The Balaban J connectivity index is 2.06. The van der Waals surface area contributed by atoms with Crippen LogP contribution in [0.5, 0.6) is 0 Å². The molecule has 1 aromatic heterocycles. The molecule has 25 heavy (non-hydrogen) atoms. The Hall–Kier alpha value is -1.57. The van der Waals surface area contributed by atoms with E-state index in [4.69, 9.17) is 21.1 Å². The number of carbonyl (C=O) groups is 1. The number of fused-ring (bicyclic) bond motifs is 1. The van der Waals surface area contributed by atoms with Gasteiger partial charge in [-0.2, -0.15) is 0 Å². The van der Waals surface area contributed by atoms with Gasteiger partial charge >= 0.3 is 5.97 Å². The highest BCUT2D eigenvalue weighted by atomic mass is 35.5. The molecule has 1 aliphatic rings. The Labute approximate surface area is 154 Å². The maximum atomic E-state index is 13.0. The van der Waals surface area contributed by atoms with Crippen molar-refractivity contribution in [3.63, 3.8) is 0 Å². The second-order valence-corrected chi connectivity index (χ2v) is 7.63. The first-order valence-electron chi connectivity index (χ1n) is 8.06. The predicted molar refractivity (Wildman–Crippen MR) is 97.3 cm³/mol. The standard InChI is InChI=1S/C17H19ClN2O4S/c1-10(16(22)23-2)25-17-19-14-8-11(18)5-6-13(14)15(21)20(17)9-12-4-3-7-24-12/h5-6,8,10,12H,3-4,7,9H2,1-2H3/t10-,12-/m1/s1. The molecule has 1 aromatic carbocycles. The molecule has 2 atom stereocenters. The lowest BCUT2D eigenvalue weighted by molar-refractivity contribution is -0.139. The average Bonchev–Trinajstić information content (AvgIpc) is 3.10. The molecule has 0 unspecified atom stereocenters. The highest BCUT2D eigenvalue weighted by molar-refractivity contribution is 8.00. The third kappa shape index (κ3) is 3.99. The number of halogens is 1. The summed E-state index contributed by atoms with van der Waals surface area (Å²) in [7, 11) is 1.34. The number of carbonyl (C=O) groups excluding carboxylic acids is 1. The molecule has 2 heterocycles. The van der Waals surface area contributed by atoms with Crippen molar-refractivity contribution in [3.8, 4) is 0 Å². The van der Waals surface area contributed by atoms with E-state index in [0.29, 0.717) is 34.2 Å². The molecule has 0 spiro atoms. The van der Waals surface area contributed by atoms with Crippen molar-refractivity contribution < 1.29 is 14.3 Å². The van der Waals surface area contributed by atoms with Gasteiger partial charge in [-0.05, 0) is 38.0 Å². The van der Waals surface area contributed by atoms with Crippen LogP contribution in [-0.4, -0.2) is 40.6 Å². The number of aromatic nitrogens is 2. The van der Waals surface area contributed by atoms with Crippen molar-refractivity contribution in [1.29, 1.82) is 0 Å². The Kier molecular flexibility index (Phi) is 5.66. The summed E-state index contributed by atoms with van der Waals surface area (Å²) in [6, 6.07) is 5.01. The van der Waals surface area contributed by atoms with Gasteiger partial charge in [0.2, 0.25) is 0 Å². The third-order valence-electron chi connectivity index (χ3n) is 4.11. The van der Waals surface area contributed by atoms with Crippen molar-refractivity contribution in [2.45, 2.75) is 42.8 Å². The first-order chi connectivity index (χ1) is 12.0. The van der Waals surface area contributed by atoms with Crippen molar-refractivity contribution >= 4 is 40.2 Å². The molecule has 0 amide bonds. The zero-order valence-corrected chi connectivity index (χ0v) is 15.6. The lowest BCUT2D eigenvalue weighted by Crippen LogP contribution is -2.29. The number of benzene rings is 1. The minimum Gasteiger partial charge on any atom is -0.468 e. The van der Waals surface area contributed by atoms with Gasteiger partial charge in [-0.25, -0.2) is 4.98 Å². The quantitative estimate of drug-likeness (QED) is 0.450. The largest absolute Gasteiger partial charge is 0.468 e. The highest BCUT2D eigenvalue weighted by Gasteiger charge is 2.23. The summed E-state index contributed by atoms with van der Waals surface area (Å²) in [6.45, 7) is 2.85. The number of esters is 1. The fourth-order valence-corrected chi connectivity index (χ4v) is 3.90. The zero-order chi connectivity index (χ0) is 18.0. The maximum absolute atomic E-state index is 13.0. The van der Waals surface area contributed by atoms with Crippen LogP contribution in [0, 0.1) is 0 Å². The second-order valence-electron chi connectivity index (χ2n) is 5.89. The predicted octanol–water partition coefficient (Wildman–Crippen LogP) is 2.88. The molecule has 1 fully saturated rings. The topological polar surface area (TPSA) is 70.4 Å². The monoisotopic (exact) mass is 382 g/mol. The average molecular weight is 383 g/mol. The summed E-state index contributed by atoms with van der Waals surface area (Å²) in [5.41, 5.74) is 0.359. The van der Waals surface area contributed by atoms with Gasteiger partial charge in [-0.15, -0.1) is 0 Å². The van der Waals surface area contributed by atoms with E-state index in [0.717, 1.165) is 12.8 Å². The molecule has 1 aliphatic heterocycles. The lowest BCUT2D eigenvalue weighted by atomic mass is 10.2. The van der Waals surface area contributed by atoms with Crippen molar-refractivity contribution in [3.05, 3.63) is 33.6 Å². The summed E-state index contributed by atoms with van der Waals surface area (Å²) in [5.74, 6) is -0.367. The molecule has 0 radical (unpaired) electrons. The van der Waals surface area contributed by atoms with Crippen LogP contribution >= 0.6 is 23.4 Å². The Morgan fingerprint density at radius 3 is 3.04 bits per heavy atom. The van der Waals surface area contributed by atoms with Crippen LogP contribution in [0.1, 0.15) is 19.8 Å². The van der Waals surface area contributed by atoms with E-state index in [2.05, 4.69) is 4.98 Å². The number of thioether (sulfide) groups is 1. The van der Waals surface area contributed by atoms with E-state index in [1.165, 1.54) is 18.9 Å². The van der Waals surface area contributed by atoms with E-state index < -0.39 is 5.25 Å². The fourth-order valence-electron chi connectivity index (χ4n) is 2.79.